The van der Waals surface area contributed by atoms with Crippen LogP contribution in [0.3, 0.4) is 0 Å². The van der Waals surface area contributed by atoms with Crippen LogP contribution in [0, 0.1) is 5.82 Å². The van der Waals surface area contributed by atoms with Gasteiger partial charge in [0.1, 0.15) is 10.7 Å². The van der Waals surface area contributed by atoms with Gasteiger partial charge in [-0.15, -0.1) is 0 Å². The number of sulfonamides is 1. The van der Waals surface area contributed by atoms with Crippen molar-refractivity contribution in [3.63, 3.8) is 0 Å². The van der Waals surface area contributed by atoms with Crippen LogP contribution in [0.15, 0.2) is 39.7 Å². The zero-order valence-corrected chi connectivity index (χ0v) is 14.1. The minimum Gasteiger partial charge on any atom is -0.396 e. The molecule has 0 heterocycles. The minimum atomic E-state index is -4.09. The van der Waals surface area contributed by atoms with Gasteiger partial charge in [0, 0.05) is 4.47 Å². The van der Waals surface area contributed by atoms with E-state index in [-0.39, 0.29) is 26.3 Å². The predicted octanol–water partition coefficient (Wildman–Crippen LogP) is 4.28. The summed E-state index contributed by atoms with van der Waals surface area (Å²) in [5.74, 6) is -0.731. The Morgan fingerprint density at radius 3 is 2.48 bits per heavy atom. The molecule has 0 bridgehead atoms. The molecule has 0 unspecified atom stereocenters. The van der Waals surface area contributed by atoms with Crippen molar-refractivity contribution < 1.29 is 12.8 Å². The Labute approximate surface area is 139 Å². The zero-order chi connectivity index (χ0) is 15.8. The molecule has 112 valence electrons. The highest BCUT2D eigenvalue weighted by molar-refractivity contribution is 9.10. The first-order valence-corrected chi connectivity index (χ1v) is 8.47. The molecule has 4 nitrogen and oxygen atoms in total. The van der Waals surface area contributed by atoms with E-state index in [2.05, 4.69) is 20.7 Å². The molecule has 9 heteroatoms. The second-order valence-corrected chi connectivity index (χ2v) is 7.35. The summed E-state index contributed by atoms with van der Waals surface area (Å²) in [5.41, 5.74) is 5.32. The lowest BCUT2D eigenvalue weighted by atomic mass is 10.3. The average molecular weight is 414 g/mol. The maximum atomic E-state index is 13.7. The van der Waals surface area contributed by atoms with Crippen LogP contribution >= 0.6 is 39.1 Å². The zero-order valence-electron chi connectivity index (χ0n) is 10.2. The molecule has 0 aliphatic heterocycles. The number of hydrogen-bond acceptors (Lipinski definition) is 3. The highest BCUT2D eigenvalue weighted by atomic mass is 79.9. The molecule has 2 aromatic carbocycles. The monoisotopic (exact) mass is 412 g/mol. The Morgan fingerprint density at radius 2 is 1.86 bits per heavy atom. The molecule has 0 spiro atoms. The fourth-order valence-corrected chi connectivity index (χ4v) is 3.70. The third-order valence-corrected chi connectivity index (χ3v) is 5.31. The van der Waals surface area contributed by atoms with Gasteiger partial charge in [0.25, 0.3) is 10.0 Å². The summed E-state index contributed by atoms with van der Waals surface area (Å²) in [6.45, 7) is 0. The van der Waals surface area contributed by atoms with Crippen LogP contribution in [-0.2, 0) is 10.0 Å². The van der Waals surface area contributed by atoms with Gasteiger partial charge in [-0.3, -0.25) is 4.72 Å². The van der Waals surface area contributed by atoms with E-state index in [4.69, 9.17) is 28.9 Å². The maximum absolute atomic E-state index is 13.7. The lowest BCUT2D eigenvalue weighted by Crippen LogP contribution is -2.15. The molecule has 0 saturated carbocycles. The van der Waals surface area contributed by atoms with Crippen molar-refractivity contribution in [3.8, 4) is 0 Å². The number of nitrogens with two attached hydrogens (primary N) is 1. The van der Waals surface area contributed by atoms with E-state index in [1.165, 1.54) is 24.3 Å². The number of halogens is 4. The summed E-state index contributed by atoms with van der Waals surface area (Å²) >= 11 is 14.7. The first kappa shape index (κ1) is 16.4. The van der Waals surface area contributed by atoms with Crippen LogP contribution < -0.4 is 10.5 Å². The summed E-state index contributed by atoms with van der Waals surface area (Å²) < 4.78 is 40.8. The molecule has 2 rings (SSSR count). The number of nitrogens with one attached hydrogen (secondary N) is 1. The van der Waals surface area contributed by atoms with E-state index in [1.807, 2.05) is 0 Å². The van der Waals surface area contributed by atoms with Crippen LogP contribution in [0.25, 0.3) is 0 Å². The van der Waals surface area contributed by atoms with Crippen molar-refractivity contribution in [3.05, 3.63) is 50.7 Å². The molecule has 0 atom stereocenters. The molecular formula is C12H8BrCl2FN2O2S. The quantitative estimate of drug-likeness (QED) is 0.737. The molecule has 0 saturated heterocycles. The third-order valence-electron chi connectivity index (χ3n) is 2.56. The van der Waals surface area contributed by atoms with Gasteiger partial charge in [0.2, 0.25) is 0 Å². The van der Waals surface area contributed by atoms with Crippen LogP contribution in [0.5, 0.6) is 0 Å². The van der Waals surface area contributed by atoms with Crippen molar-refractivity contribution in [2.75, 3.05) is 10.5 Å². The highest BCUT2D eigenvalue weighted by Crippen LogP contribution is 2.34. The van der Waals surface area contributed by atoms with Crippen molar-refractivity contribution in [1.29, 1.82) is 0 Å². The molecule has 0 aromatic heterocycles. The van der Waals surface area contributed by atoms with Crippen molar-refractivity contribution in [2.24, 2.45) is 0 Å². The summed E-state index contributed by atoms with van der Waals surface area (Å²) in [5, 5.41) is -0.0821. The number of rotatable bonds is 3. The van der Waals surface area contributed by atoms with E-state index in [9.17, 15) is 12.8 Å². The molecule has 3 N–H and O–H groups in total. The fourth-order valence-electron chi connectivity index (χ4n) is 1.53. The van der Waals surface area contributed by atoms with Crippen molar-refractivity contribution in [1.82, 2.24) is 0 Å². The maximum Gasteiger partial charge on any atom is 0.263 e. The first-order chi connectivity index (χ1) is 9.72. The Hall–Kier alpha value is -1.02. The van der Waals surface area contributed by atoms with Gasteiger partial charge >= 0.3 is 0 Å². The van der Waals surface area contributed by atoms with E-state index < -0.39 is 15.8 Å². The van der Waals surface area contributed by atoms with E-state index >= 15 is 0 Å². The molecule has 0 aliphatic rings. The first-order valence-electron chi connectivity index (χ1n) is 5.43. The lowest BCUT2D eigenvalue weighted by molar-refractivity contribution is 0.598. The minimum absolute atomic E-state index is 0.0579. The largest absolute Gasteiger partial charge is 0.396 e. The van der Waals surface area contributed by atoms with E-state index in [0.717, 1.165) is 6.07 Å². The second kappa shape index (κ2) is 6.00. The SMILES string of the molecule is Nc1c(Cl)ccc(S(=O)(=O)Nc2ccc(Br)cc2F)c1Cl. The molecule has 0 radical (unpaired) electrons. The van der Waals surface area contributed by atoms with Crippen LogP contribution in [0.4, 0.5) is 15.8 Å². The Kier molecular flexibility index (Phi) is 4.67. The van der Waals surface area contributed by atoms with Gasteiger partial charge in [0.15, 0.2) is 0 Å². The number of anilines is 2. The molecule has 2 aromatic rings. The Bertz CT molecular complexity index is 815. The molecule has 21 heavy (non-hydrogen) atoms. The summed E-state index contributed by atoms with van der Waals surface area (Å²) in [6, 6.07) is 6.41. The van der Waals surface area contributed by atoms with Gasteiger partial charge in [-0.05, 0) is 30.3 Å². The third kappa shape index (κ3) is 3.42. The molecule has 0 aliphatic carbocycles. The van der Waals surface area contributed by atoms with Gasteiger partial charge < -0.3 is 5.73 Å². The van der Waals surface area contributed by atoms with Crippen LogP contribution in [0.1, 0.15) is 0 Å². The van der Waals surface area contributed by atoms with Gasteiger partial charge in [0.05, 0.1) is 21.4 Å². The topological polar surface area (TPSA) is 72.2 Å². The highest BCUT2D eigenvalue weighted by Gasteiger charge is 2.22. The Morgan fingerprint density at radius 1 is 1.19 bits per heavy atom. The van der Waals surface area contributed by atoms with E-state index in [1.54, 1.807) is 0 Å². The van der Waals surface area contributed by atoms with E-state index in [0.29, 0.717) is 4.47 Å². The lowest BCUT2D eigenvalue weighted by Gasteiger charge is -2.12. The van der Waals surface area contributed by atoms with Crippen LogP contribution in [0.2, 0.25) is 10.0 Å². The average Bonchev–Trinajstić information content (AvgIpc) is 2.39. The normalized spacial score (nSPS) is 11.4. The fraction of sp³-hybridized carbons (Fsp3) is 0. The summed E-state index contributed by atoms with van der Waals surface area (Å²) in [6.07, 6.45) is 0. The van der Waals surface area contributed by atoms with Crippen molar-refractivity contribution >= 4 is 60.5 Å². The standard InChI is InChI=1S/C12H8BrCl2FN2O2S/c13-6-1-3-9(8(16)5-6)18-21(19,20)10-4-2-7(14)12(17)11(10)15/h1-5,18H,17H2. The van der Waals surface area contributed by atoms with Gasteiger partial charge in [-0.25, -0.2) is 12.8 Å². The smallest absolute Gasteiger partial charge is 0.263 e. The molecule has 0 amide bonds. The molecule has 0 fully saturated rings. The second-order valence-electron chi connectivity index (χ2n) is 4.00. The van der Waals surface area contributed by atoms with Gasteiger partial charge in [-0.1, -0.05) is 39.1 Å². The number of hydrogen-bond donors (Lipinski definition) is 2. The predicted molar refractivity (Wildman–Crippen MR) is 85.8 cm³/mol. The summed E-state index contributed by atoms with van der Waals surface area (Å²) in [7, 11) is -4.09. The van der Waals surface area contributed by atoms with Gasteiger partial charge in [-0.2, -0.15) is 0 Å². The number of nitrogen functional groups attached to an aromatic ring is 1. The van der Waals surface area contributed by atoms with Crippen LogP contribution in [-0.4, -0.2) is 8.42 Å². The molecular weight excluding hydrogens is 406 g/mol. The number of benzene rings is 2. The summed E-state index contributed by atoms with van der Waals surface area (Å²) in [4.78, 5) is -0.284. The van der Waals surface area contributed by atoms with Crippen molar-refractivity contribution in [2.45, 2.75) is 4.90 Å². The Balaban J connectivity index is 2.46.